The zero-order chi connectivity index (χ0) is 9.54. The van der Waals surface area contributed by atoms with Crippen molar-refractivity contribution >= 4 is 0 Å². The van der Waals surface area contributed by atoms with Crippen LogP contribution >= 0.6 is 0 Å². The van der Waals surface area contributed by atoms with Crippen molar-refractivity contribution in [3.05, 3.63) is 0 Å². The lowest BCUT2D eigenvalue weighted by Crippen LogP contribution is -1.74. The maximum Gasteiger partial charge on any atom is 0.0466 e. The van der Waals surface area contributed by atoms with Gasteiger partial charge >= 0.3 is 0 Å². The predicted molar refractivity (Wildman–Crippen MR) is 50.9 cm³/mol. The lowest BCUT2D eigenvalue weighted by molar-refractivity contribution is 0.198. The number of hydrogen-bond donors (Lipinski definition) is 1. The minimum atomic E-state index is 1.00. The Morgan fingerprint density at radius 2 is 1.09 bits per heavy atom. The van der Waals surface area contributed by atoms with Crippen molar-refractivity contribution in [3.63, 3.8) is 0 Å². The van der Waals surface area contributed by atoms with Gasteiger partial charge in [-0.1, -0.05) is 27.7 Å². The second-order valence-corrected chi connectivity index (χ2v) is 1.32. The van der Waals surface area contributed by atoms with Crippen molar-refractivity contribution in [2.45, 2.75) is 40.5 Å². The van der Waals surface area contributed by atoms with Crippen LogP contribution in [0.25, 0.3) is 0 Å². The number of rotatable bonds is 0. The van der Waals surface area contributed by atoms with E-state index in [0.717, 1.165) is 20.3 Å². The highest BCUT2D eigenvalue weighted by atomic mass is 16.5. The van der Waals surface area contributed by atoms with Crippen LogP contribution in [-0.2, 0) is 4.74 Å². The Kier molecular flexibility index (Phi) is 50.8. The van der Waals surface area contributed by atoms with Crippen molar-refractivity contribution in [3.8, 4) is 0 Å². The van der Waals surface area contributed by atoms with Crippen LogP contribution in [0.1, 0.15) is 40.5 Å². The fourth-order valence-corrected chi connectivity index (χ4v) is 0.510. The molecule has 0 radical (unpaired) electrons. The van der Waals surface area contributed by atoms with Crippen molar-refractivity contribution < 1.29 is 9.84 Å². The average Bonchev–Trinajstić information content (AvgIpc) is 2.71. The van der Waals surface area contributed by atoms with Crippen LogP contribution < -0.4 is 0 Å². The van der Waals surface area contributed by atoms with E-state index in [1.165, 1.54) is 12.8 Å². The van der Waals surface area contributed by atoms with Gasteiger partial charge in [0.2, 0.25) is 0 Å². The average molecular weight is 164 g/mol. The summed E-state index contributed by atoms with van der Waals surface area (Å²) >= 11 is 0. The summed E-state index contributed by atoms with van der Waals surface area (Å²) < 4.78 is 4.94. The highest BCUT2D eigenvalue weighted by Gasteiger charge is 1.94. The van der Waals surface area contributed by atoms with Gasteiger partial charge in [-0.15, -0.1) is 0 Å². The van der Waals surface area contributed by atoms with Gasteiger partial charge in [0.15, 0.2) is 0 Å². The minimum Gasteiger partial charge on any atom is -0.400 e. The topological polar surface area (TPSA) is 29.5 Å². The second kappa shape index (κ2) is 32.6. The first-order chi connectivity index (χ1) is 5.50. The van der Waals surface area contributed by atoms with Crippen LogP contribution in [0.4, 0.5) is 0 Å². The molecule has 0 amide bonds. The summed E-state index contributed by atoms with van der Waals surface area (Å²) in [7, 11) is 1.00. The van der Waals surface area contributed by atoms with Gasteiger partial charge in [-0.05, 0) is 12.8 Å². The molecular formula is C9H24O2. The van der Waals surface area contributed by atoms with Crippen molar-refractivity contribution in [2.75, 3.05) is 20.3 Å². The maximum atomic E-state index is 7.00. The van der Waals surface area contributed by atoms with Crippen LogP contribution in [0.2, 0.25) is 0 Å². The van der Waals surface area contributed by atoms with Crippen LogP contribution in [0, 0.1) is 0 Å². The van der Waals surface area contributed by atoms with Crippen LogP contribution in [0.5, 0.6) is 0 Å². The molecule has 1 heterocycles. The Bertz CT molecular complexity index is 19.1. The van der Waals surface area contributed by atoms with Gasteiger partial charge in [0, 0.05) is 20.3 Å². The van der Waals surface area contributed by atoms with Crippen LogP contribution in [-0.4, -0.2) is 25.4 Å². The fourth-order valence-electron chi connectivity index (χ4n) is 0.510. The molecule has 1 fully saturated rings. The van der Waals surface area contributed by atoms with E-state index in [-0.39, 0.29) is 0 Å². The summed E-state index contributed by atoms with van der Waals surface area (Å²) in [6, 6.07) is 0. The summed E-state index contributed by atoms with van der Waals surface area (Å²) in [5.74, 6) is 0. The third-order valence-corrected chi connectivity index (χ3v) is 0.827. The molecule has 72 valence electrons. The summed E-state index contributed by atoms with van der Waals surface area (Å²) in [5.41, 5.74) is 0. The fraction of sp³-hybridized carbons (Fsp3) is 1.00. The zero-order valence-corrected chi connectivity index (χ0v) is 8.68. The normalized spacial score (nSPS) is 12.5. The van der Waals surface area contributed by atoms with E-state index in [1.54, 1.807) is 0 Å². The molecule has 0 aliphatic carbocycles. The van der Waals surface area contributed by atoms with E-state index in [9.17, 15) is 0 Å². The van der Waals surface area contributed by atoms with E-state index in [4.69, 9.17) is 9.84 Å². The third-order valence-electron chi connectivity index (χ3n) is 0.827. The van der Waals surface area contributed by atoms with Gasteiger partial charge in [-0.25, -0.2) is 0 Å². The second-order valence-electron chi connectivity index (χ2n) is 1.32. The molecule has 0 aromatic carbocycles. The predicted octanol–water partition coefficient (Wildman–Crippen LogP) is 2.46. The van der Waals surface area contributed by atoms with Gasteiger partial charge in [0.1, 0.15) is 0 Å². The molecule has 2 heteroatoms. The van der Waals surface area contributed by atoms with Gasteiger partial charge in [0.25, 0.3) is 0 Å². The highest BCUT2D eigenvalue weighted by molar-refractivity contribution is 4.43. The largest absolute Gasteiger partial charge is 0.400 e. The molecule has 11 heavy (non-hydrogen) atoms. The summed E-state index contributed by atoms with van der Waals surface area (Å²) in [4.78, 5) is 0. The van der Waals surface area contributed by atoms with E-state index in [0.29, 0.717) is 0 Å². The molecule has 1 rings (SSSR count). The molecule has 0 atom stereocenters. The molecule has 1 saturated heterocycles. The molecule has 0 bridgehead atoms. The standard InChI is InChI=1S/C4H8O.2C2H6.CH4O/c1-2-4-5-3-1;3*1-2/h1-4H2;2*1-2H3;2H,1H3. The highest BCUT2D eigenvalue weighted by Crippen LogP contribution is 1.98. The van der Waals surface area contributed by atoms with Gasteiger partial charge in [-0.2, -0.15) is 0 Å². The molecule has 1 aliphatic heterocycles. The first-order valence-electron chi connectivity index (χ1n) is 4.52. The van der Waals surface area contributed by atoms with Crippen molar-refractivity contribution in [1.82, 2.24) is 0 Å². The molecular weight excluding hydrogens is 140 g/mol. The number of ether oxygens (including phenoxy) is 1. The van der Waals surface area contributed by atoms with E-state index in [1.807, 2.05) is 27.7 Å². The zero-order valence-electron chi connectivity index (χ0n) is 8.68. The Hall–Kier alpha value is -0.0800. The molecule has 2 nitrogen and oxygen atoms in total. The lowest BCUT2D eigenvalue weighted by atomic mass is 10.4. The Labute approximate surface area is 71.6 Å². The molecule has 1 aliphatic rings. The summed E-state index contributed by atoms with van der Waals surface area (Å²) in [6.45, 7) is 10.0. The third kappa shape index (κ3) is 25.7. The Morgan fingerprint density at radius 3 is 1.18 bits per heavy atom. The lowest BCUT2D eigenvalue weighted by Gasteiger charge is -1.76. The van der Waals surface area contributed by atoms with Crippen molar-refractivity contribution in [1.29, 1.82) is 0 Å². The van der Waals surface area contributed by atoms with E-state index in [2.05, 4.69) is 0 Å². The van der Waals surface area contributed by atoms with Gasteiger partial charge < -0.3 is 9.84 Å². The monoisotopic (exact) mass is 164 g/mol. The maximum absolute atomic E-state index is 7.00. The molecule has 0 aromatic rings. The number of aliphatic hydroxyl groups is 1. The summed E-state index contributed by atoms with van der Waals surface area (Å²) in [5, 5.41) is 7.00. The number of hydrogen-bond acceptors (Lipinski definition) is 2. The van der Waals surface area contributed by atoms with Gasteiger partial charge in [0.05, 0.1) is 0 Å². The molecule has 0 saturated carbocycles. The van der Waals surface area contributed by atoms with Crippen LogP contribution in [0.3, 0.4) is 0 Å². The summed E-state index contributed by atoms with van der Waals surface area (Å²) in [6.07, 6.45) is 2.56. The first-order valence-corrected chi connectivity index (χ1v) is 4.52. The first kappa shape index (κ1) is 17.1. The SMILES string of the molecule is C1CCOC1.CC.CC.CO. The quantitative estimate of drug-likeness (QED) is 0.596. The van der Waals surface area contributed by atoms with E-state index < -0.39 is 0 Å². The van der Waals surface area contributed by atoms with Crippen LogP contribution in [0.15, 0.2) is 0 Å². The van der Waals surface area contributed by atoms with Gasteiger partial charge in [-0.3, -0.25) is 0 Å². The molecule has 0 unspecified atom stereocenters. The molecule has 0 aromatic heterocycles. The molecule has 0 spiro atoms. The smallest absolute Gasteiger partial charge is 0.0466 e. The minimum absolute atomic E-state index is 1.00. The Balaban J connectivity index is -0.0000000933. The van der Waals surface area contributed by atoms with Crippen molar-refractivity contribution in [2.24, 2.45) is 0 Å². The Morgan fingerprint density at radius 1 is 0.818 bits per heavy atom. The number of aliphatic hydroxyl groups excluding tert-OH is 1. The molecule has 1 N–H and O–H groups in total. The van der Waals surface area contributed by atoms with E-state index >= 15 is 0 Å².